The largest absolute Gasteiger partial charge is 0.474 e. The molecule has 29 heavy (non-hydrogen) atoms. The maximum atomic E-state index is 13.3. The summed E-state index contributed by atoms with van der Waals surface area (Å²) in [6.07, 6.45) is -7.35. The van der Waals surface area contributed by atoms with Gasteiger partial charge in [-0.3, -0.25) is 4.79 Å². The number of carbonyl (C=O) groups is 2. The van der Waals surface area contributed by atoms with E-state index >= 15 is 0 Å². The predicted octanol–water partition coefficient (Wildman–Crippen LogP) is 3.34. The average Bonchev–Trinajstić information content (AvgIpc) is 2.59. The SMILES string of the molecule is O=C(CCO[N+](=O)[O-])OCOC(=O)C1=Cc2cc(Cl)cc(Cl)c2OC1C(F)(F)F. The van der Waals surface area contributed by atoms with E-state index in [-0.39, 0.29) is 21.4 Å². The molecule has 0 spiro atoms. The topological polar surface area (TPSA) is 114 Å². The zero-order chi connectivity index (χ0) is 21.8. The number of rotatable bonds is 7. The summed E-state index contributed by atoms with van der Waals surface area (Å²) >= 11 is 11.6. The van der Waals surface area contributed by atoms with E-state index in [9.17, 15) is 32.9 Å². The lowest BCUT2D eigenvalue weighted by atomic mass is 10.0. The zero-order valence-electron chi connectivity index (χ0n) is 14.0. The van der Waals surface area contributed by atoms with Gasteiger partial charge in [0.15, 0.2) is 0 Å². The van der Waals surface area contributed by atoms with E-state index in [2.05, 4.69) is 14.3 Å². The molecule has 0 saturated carbocycles. The molecule has 1 aliphatic rings. The van der Waals surface area contributed by atoms with Crippen molar-refractivity contribution in [2.24, 2.45) is 0 Å². The van der Waals surface area contributed by atoms with Crippen molar-refractivity contribution in [3.05, 3.63) is 43.4 Å². The number of esters is 2. The minimum Gasteiger partial charge on any atom is -0.474 e. The van der Waals surface area contributed by atoms with Crippen molar-refractivity contribution in [2.45, 2.75) is 18.7 Å². The fraction of sp³-hybridized carbons (Fsp3) is 0.333. The molecule has 0 bridgehead atoms. The number of halogens is 5. The Bertz CT molecular complexity index is 859. The molecule has 0 N–H and O–H groups in total. The lowest BCUT2D eigenvalue weighted by molar-refractivity contribution is -0.757. The van der Waals surface area contributed by atoms with Crippen molar-refractivity contribution in [3.63, 3.8) is 0 Å². The number of ether oxygens (including phenoxy) is 3. The van der Waals surface area contributed by atoms with Crippen molar-refractivity contribution >= 4 is 41.2 Å². The second-order valence-corrected chi connectivity index (χ2v) is 6.16. The third-order valence-electron chi connectivity index (χ3n) is 3.31. The summed E-state index contributed by atoms with van der Waals surface area (Å²) in [5.74, 6) is -2.82. The Morgan fingerprint density at radius 2 is 1.93 bits per heavy atom. The number of alkyl halides is 3. The lowest BCUT2D eigenvalue weighted by Gasteiger charge is -2.28. The first kappa shape index (κ1) is 22.6. The third-order valence-corrected chi connectivity index (χ3v) is 3.81. The van der Waals surface area contributed by atoms with Gasteiger partial charge in [0.05, 0.1) is 17.0 Å². The molecule has 2 rings (SSSR count). The van der Waals surface area contributed by atoms with Gasteiger partial charge in [-0.25, -0.2) is 4.79 Å². The first-order valence-electron chi connectivity index (χ1n) is 7.53. The van der Waals surface area contributed by atoms with Gasteiger partial charge >= 0.3 is 18.1 Å². The molecule has 1 aromatic rings. The van der Waals surface area contributed by atoms with Gasteiger partial charge in [0.1, 0.15) is 12.4 Å². The normalized spacial score (nSPS) is 15.5. The van der Waals surface area contributed by atoms with E-state index < -0.39 is 54.7 Å². The summed E-state index contributed by atoms with van der Waals surface area (Å²) < 4.78 is 53.7. The van der Waals surface area contributed by atoms with Crippen LogP contribution in [0.15, 0.2) is 17.7 Å². The number of hydrogen-bond donors (Lipinski definition) is 0. The Morgan fingerprint density at radius 1 is 1.24 bits per heavy atom. The van der Waals surface area contributed by atoms with E-state index in [1.165, 1.54) is 12.1 Å². The average molecular weight is 460 g/mol. The second-order valence-electron chi connectivity index (χ2n) is 5.32. The van der Waals surface area contributed by atoms with Gasteiger partial charge in [-0.2, -0.15) is 13.2 Å². The summed E-state index contributed by atoms with van der Waals surface area (Å²) in [5, 5.41) is 8.72. The standard InChI is InChI=1S/C15H10Cl2F3NO8/c16-8-3-7-4-9(13(15(18,19)20)29-12(7)10(17)5-8)14(23)27-6-26-11(22)1-2-28-21(24)25/h3-5,13H,1-2,6H2. The third kappa shape index (κ3) is 6.12. The van der Waals surface area contributed by atoms with Gasteiger partial charge in [-0.05, 0) is 18.2 Å². The van der Waals surface area contributed by atoms with E-state index in [0.717, 1.165) is 6.08 Å². The van der Waals surface area contributed by atoms with Crippen molar-refractivity contribution in [3.8, 4) is 5.75 Å². The highest BCUT2D eigenvalue weighted by Crippen LogP contribution is 2.42. The summed E-state index contributed by atoms with van der Waals surface area (Å²) in [5.41, 5.74) is -0.903. The molecule has 0 aromatic heterocycles. The maximum absolute atomic E-state index is 13.3. The van der Waals surface area contributed by atoms with E-state index in [4.69, 9.17) is 27.9 Å². The molecule has 1 aliphatic heterocycles. The Kier molecular flexibility index (Phi) is 7.14. The van der Waals surface area contributed by atoms with Crippen LogP contribution in [0.3, 0.4) is 0 Å². The summed E-state index contributed by atoms with van der Waals surface area (Å²) in [6, 6.07) is 2.41. The molecular weight excluding hydrogens is 450 g/mol. The molecule has 1 unspecified atom stereocenters. The van der Waals surface area contributed by atoms with E-state index in [1.807, 2.05) is 0 Å². The van der Waals surface area contributed by atoms with Crippen LogP contribution in [0.1, 0.15) is 12.0 Å². The molecule has 0 fully saturated rings. The van der Waals surface area contributed by atoms with Crippen LogP contribution in [0.5, 0.6) is 5.75 Å². The van der Waals surface area contributed by atoms with Gasteiger partial charge < -0.3 is 19.0 Å². The fourth-order valence-electron chi connectivity index (χ4n) is 2.15. The van der Waals surface area contributed by atoms with Gasteiger partial charge in [-0.1, -0.05) is 23.2 Å². The van der Waals surface area contributed by atoms with Crippen LogP contribution in [-0.2, 0) is 23.9 Å². The number of hydrogen-bond acceptors (Lipinski definition) is 8. The zero-order valence-corrected chi connectivity index (χ0v) is 15.5. The van der Waals surface area contributed by atoms with Crippen LogP contribution in [-0.4, -0.2) is 42.7 Å². The highest BCUT2D eigenvalue weighted by Gasteiger charge is 2.49. The molecule has 0 saturated heterocycles. The molecular formula is C15H10Cl2F3NO8. The van der Waals surface area contributed by atoms with Gasteiger partial charge in [0.25, 0.3) is 5.09 Å². The van der Waals surface area contributed by atoms with Crippen molar-refractivity contribution in [1.82, 2.24) is 0 Å². The first-order valence-corrected chi connectivity index (χ1v) is 8.28. The molecule has 14 heteroatoms. The quantitative estimate of drug-likeness (QED) is 0.264. The highest BCUT2D eigenvalue weighted by molar-refractivity contribution is 6.36. The van der Waals surface area contributed by atoms with Crippen LogP contribution < -0.4 is 4.74 Å². The monoisotopic (exact) mass is 459 g/mol. The second kappa shape index (κ2) is 9.18. The minimum atomic E-state index is -4.98. The maximum Gasteiger partial charge on any atom is 0.430 e. The van der Waals surface area contributed by atoms with Crippen molar-refractivity contribution < 1.29 is 46.9 Å². The molecule has 0 radical (unpaired) electrons. The Labute approximate surface area is 170 Å². The predicted molar refractivity (Wildman–Crippen MR) is 89.5 cm³/mol. The van der Waals surface area contributed by atoms with Crippen molar-refractivity contribution in [2.75, 3.05) is 13.4 Å². The van der Waals surface area contributed by atoms with Crippen molar-refractivity contribution in [1.29, 1.82) is 0 Å². The minimum absolute atomic E-state index is 0.0175. The van der Waals surface area contributed by atoms with E-state index in [1.54, 1.807) is 0 Å². The summed E-state index contributed by atoms with van der Waals surface area (Å²) in [4.78, 5) is 37.2. The molecule has 0 amide bonds. The first-order chi connectivity index (χ1) is 13.5. The van der Waals surface area contributed by atoms with Gasteiger partial charge in [0, 0.05) is 10.6 Å². The van der Waals surface area contributed by atoms with E-state index in [0.29, 0.717) is 0 Å². The molecule has 1 aromatic carbocycles. The molecule has 9 nitrogen and oxygen atoms in total. The number of benzene rings is 1. The summed E-state index contributed by atoms with van der Waals surface area (Å²) in [6.45, 7) is -1.63. The molecule has 1 heterocycles. The van der Waals surface area contributed by atoms with Crippen LogP contribution in [0.25, 0.3) is 6.08 Å². The smallest absolute Gasteiger partial charge is 0.430 e. The molecule has 1 atom stereocenters. The fourth-order valence-corrected chi connectivity index (χ4v) is 2.71. The lowest BCUT2D eigenvalue weighted by Crippen LogP contribution is -2.41. The Balaban J connectivity index is 2.08. The summed E-state index contributed by atoms with van der Waals surface area (Å²) in [7, 11) is 0. The van der Waals surface area contributed by atoms with Crippen LogP contribution in [0.2, 0.25) is 10.0 Å². The number of carbonyl (C=O) groups excluding carboxylic acids is 2. The van der Waals surface area contributed by atoms with Crippen LogP contribution >= 0.6 is 23.2 Å². The van der Waals surface area contributed by atoms with Gasteiger partial charge in [-0.15, -0.1) is 10.1 Å². The Hall–Kier alpha value is -2.73. The molecule has 158 valence electrons. The Morgan fingerprint density at radius 3 is 2.55 bits per heavy atom. The number of fused-ring (bicyclic) bond motifs is 1. The van der Waals surface area contributed by atoms with Crippen LogP contribution in [0, 0.1) is 10.1 Å². The highest BCUT2D eigenvalue weighted by atomic mass is 35.5. The molecule has 0 aliphatic carbocycles. The van der Waals surface area contributed by atoms with Crippen LogP contribution in [0.4, 0.5) is 13.2 Å². The van der Waals surface area contributed by atoms with Gasteiger partial charge in [0.2, 0.25) is 12.9 Å². The number of nitrogens with zero attached hydrogens (tertiary/aromatic N) is 1.